The van der Waals surface area contributed by atoms with Gasteiger partial charge in [-0.1, -0.05) is 6.07 Å². The molecular weight excluding hydrogens is 186 g/mol. The van der Waals surface area contributed by atoms with Gasteiger partial charge in [0.05, 0.1) is 5.52 Å². The molecule has 2 aromatic rings. The van der Waals surface area contributed by atoms with Crippen LogP contribution in [-0.4, -0.2) is 16.2 Å². The van der Waals surface area contributed by atoms with E-state index in [9.17, 15) is 0 Å². The van der Waals surface area contributed by atoms with E-state index in [1.54, 1.807) is 0 Å². The van der Waals surface area contributed by atoms with E-state index in [4.69, 9.17) is 0 Å². The Bertz CT molecular complexity index is 483. The first-order valence-corrected chi connectivity index (χ1v) is 5.30. The molecule has 0 saturated carbocycles. The predicted molar refractivity (Wildman–Crippen MR) is 64.3 cm³/mol. The lowest BCUT2D eigenvalue weighted by molar-refractivity contribution is 0.886. The Labute approximate surface area is 89.9 Å². The number of hydrogen-bond acceptors (Lipinski definition) is 2. The van der Waals surface area contributed by atoms with Crippen LogP contribution in [-0.2, 0) is 0 Å². The van der Waals surface area contributed by atoms with E-state index in [-0.39, 0.29) is 0 Å². The van der Waals surface area contributed by atoms with Gasteiger partial charge in [0.1, 0.15) is 0 Å². The number of hydrogen-bond donors (Lipinski definition) is 2. The highest BCUT2D eigenvalue weighted by atomic mass is 15.2. The van der Waals surface area contributed by atoms with Gasteiger partial charge in [0.15, 0.2) is 5.82 Å². The lowest BCUT2D eigenvalue weighted by atomic mass is 10.1. The standard InChI is InChI=1S/C12H17N3/c1-7(2)13-12-11-9(4)8(3)5-6-10(11)14-15-12/h5-7H,1-4H3,(H2,13,14,15). The van der Waals surface area contributed by atoms with Crippen LogP contribution in [0, 0.1) is 13.8 Å². The minimum atomic E-state index is 0.399. The van der Waals surface area contributed by atoms with E-state index in [0.717, 1.165) is 11.3 Å². The van der Waals surface area contributed by atoms with Gasteiger partial charge in [-0.05, 0) is 44.9 Å². The first kappa shape index (κ1) is 10.0. The molecule has 0 aliphatic rings. The number of benzene rings is 1. The van der Waals surface area contributed by atoms with Crippen LogP contribution >= 0.6 is 0 Å². The second kappa shape index (κ2) is 3.57. The number of aryl methyl sites for hydroxylation is 2. The lowest BCUT2D eigenvalue weighted by Crippen LogP contribution is -2.10. The average molecular weight is 203 g/mol. The van der Waals surface area contributed by atoms with E-state index in [0.29, 0.717) is 6.04 Å². The third-order valence-corrected chi connectivity index (χ3v) is 2.69. The zero-order chi connectivity index (χ0) is 11.0. The fourth-order valence-corrected chi connectivity index (χ4v) is 1.76. The van der Waals surface area contributed by atoms with Crippen LogP contribution in [0.4, 0.5) is 5.82 Å². The van der Waals surface area contributed by atoms with Crippen LogP contribution in [0.3, 0.4) is 0 Å². The van der Waals surface area contributed by atoms with E-state index >= 15 is 0 Å². The molecule has 0 radical (unpaired) electrons. The van der Waals surface area contributed by atoms with Gasteiger partial charge in [-0.25, -0.2) is 0 Å². The van der Waals surface area contributed by atoms with Crippen molar-refractivity contribution in [2.24, 2.45) is 0 Å². The second-order valence-corrected chi connectivity index (χ2v) is 4.30. The normalized spacial score (nSPS) is 11.3. The van der Waals surface area contributed by atoms with Crippen LogP contribution in [0.2, 0.25) is 0 Å². The van der Waals surface area contributed by atoms with Crippen LogP contribution < -0.4 is 5.32 Å². The van der Waals surface area contributed by atoms with E-state index in [1.165, 1.54) is 16.5 Å². The Balaban J connectivity index is 2.61. The van der Waals surface area contributed by atoms with E-state index in [2.05, 4.69) is 55.3 Å². The zero-order valence-corrected chi connectivity index (χ0v) is 9.68. The topological polar surface area (TPSA) is 40.7 Å². The van der Waals surface area contributed by atoms with Crippen molar-refractivity contribution in [2.75, 3.05) is 5.32 Å². The molecule has 1 aromatic heterocycles. The molecule has 0 amide bonds. The number of aromatic nitrogens is 2. The summed E-state index contributed by atoms with van der Waals surface area (Å²) in [6.45, 7) is 8.50. The number of nitrogens with zero attached hydrogens (tertiary/aromatic N) is 1. The van der Waals surface area contributed by atoms with Crippen LogP contribution in [0.1, 0.15) is 25.0 Å². The van der Waals surface area contributed by atoms with Gasteiger partial charge in [-0.3, -0.25) is 5.10 Å². The lowest BCUT2D eigenvalue weighted by Gasteiger charge is -2.08. The van der Waals surface area contributed by atoms with Crippen molar-refractivity contribution in [3.63, 3.8) is 0 Å². The number of nitrogens with one attached hydrogen (secondary N) is 2. The molecule has 0 unspecified atom stereocenters. The summed E-state index contributed by atoms with van der Waals surface area (Å²) in [5, 5.41) is 11.9. The highest BCUT2D eigenvalue weighted by molar-refractivity contribution is 5.93. The summed E-state index contributed by atoms with van der Waals surface area (Å²) in [5.41, 5.74) is 3.70. The number of aromatic amines is 1. The molecule has 80 valence electrons. The molecule has 2 N–H and O–H groups in total. The molecule has 1 heterocycles. The Kier molecular flexibility index (Phi) is 2.39. The molecule has 3 nitrogen and oxygen atoms in total. The van der Waals surface area contributed by atoms with E-state index < -0.39 is 0 Å². The molecule has 1 aromatic carbocycles. The third-order valence-electron chi connectivity index (χ3n) is 2.69. The molecule has 2 rings (SSSR count). The summed E-state index contributed by atoms with van der Waals surface area (Å²) >= 11 is 0. The Morgan fingerprint density at radius 3 is 2.67 bits per heavy atom. The molecule has 0 atom stereocenters. The molecule has 0 fully saturated rings. The largest absolute Gasteiger partial charge is 0.366 e. The van der Waals surface area contributed by atoms with Gasteiger partial charge in [-0.2, -0.15) is 5.10 Å². The summed E-state index contributed by atoms with van der Waals surface area (Å²) in [5.74, 6) is 0.959. The summed E-state index contributed by atoms with van der Waals surface area (Å²) in [4.78, 5) is 0. The smallest absolute Gasteiger partial charge is 0.156 e. The van der Waals surface area contributed by atoms with Gasteiger partial charge >= 0.3 is 0 Å². The van der Waals surface area contributed by atoms with Gasteiger partial charge in [0.2, 0.25) is 0 Å². The second-order valence-electron chi connectivity index (χ2n) is 4.30. The minimum absolute atomic E-state index is 0.399. The zero-order valence-electron chi connectivity index (χ0n) is 9.68. The quantitative estimate of drug-likeness (QED) is 0.787. The fraction of sp³-hybridized carbons (Fsp3) is 0.417. The highest BCUT2D eigenvalue weighted by Gasteiger charge is 2.09. The summed E-state index contributed by atoms with van der Waals surface area (Å²) in [6, 6.07) is 4.60. The van der Waals surface area contributed by atoms with Crippen molar-refractivity contribution in [3.8, 4) is 0 Å². The van der Waals surface area contributed by atoms with Crippen molar-refractivity contribution >= 4 is 16.7 Å². The van der Waals surface area contributed by atoms with Crippen molar-refractivity contribution in [3.05, 3.63) is 23.3 Å². The Hall–Kier alpha value is -1.51. The number of anilines is 1. The fourth-order valence-electron chi connectivity index (χ4n) is 1.76. The number of rotatable bonds is 2. The van der Waals surface area contributed by atoms with Crippen molar-refractivity contribution < 1.29 is 0 Å². The summed E-state index contributed by atoms with van der Waals surface area (Å²) in [6.07, 6.45) is 0. The average Bonchev–Trinajstić information content (AvgIpc) is 2.55. The first-order valence-electron chi connectivity index (χ1n) is 5.30. The maximum absolute atomic E-state index is 4.30. The molecule has 0 spiro atoms. The third kappa shape index (κ3) is 1.69. The van der Waals surface area contributed by atoms with Gasteiger partial charge < -0.3 is 5.32 Å². The van der Waals surface area contributed by atoms with Crippen molar-refractivity contribution in [2.45, 2.75) is 33.7 Å². The maximum atomic E-state index is 4.30. The number of H-pyrrole nitrogens is 1. The van der Waals surface area contributed by atoms with Crippen LogP contribution in [0.15, 0.2) is 12.1 Å². The molecule has 0 saturated heterocycles. The van der Waals surface area contributed by atoms with Crippen LogP contribution in [0.25, 0.3) is 10.9 Å². The highest BCUT2D eigenvalue weighted by Crippen LogP contribution is 2.26. The molecule has 0 aliphatic heterocycles. The van der Waals surface area contributed by atoms with Gasteiger partial charge in [0.25, 0.3) is 0 Å². The Morgan fingerprint density at radius 2 is 2.00 bits per heavy atom. The van der Waals surface area contributed by atoms with Crippen LogP contribution in [0.5, 0.6) is 0 Å². The van der Waals surface area contributed by atoms with Crippen molar-refractivity contribution in [1.29, 1.82) is 0 Å². The molecule has 15 heavy (non-hydrogen) atoms. The van der Waals surface area contributed by atoms with Crippen molar-refractivity contribution in [1.82, 2.24) is 10.2 Å². The Morgan fingerprint density at radius 1 is 1.27 bits per heavy atom. The number of fused-ring (bicyclic) bond motifs is 1. The SMILES string of the molecule is Cc1ccc2[nH]nc(NC(C)C)c2c1C. The maximum Gasteiger partial charge on any atom is 0.156 e. The summed E-state index contributed by atoms with van der Waals surface area (Å²) < 4.78 is 0. The molecule has 0 aliphatic carbocycles. The first-order chi connectivity index (χ1) is 7.09. The van der Waals surface area contributed by atoms with E-state index in [1.807, 2.05) is 0 Å². The summed E-state index contributed by atoms with van der Waals surface area (Å²) in [7, 11) is 0. The molecular formula is C12H17N3. The molecule has 0 bridgehead atoms. The minimum Gasteiger partial charge on any atom is -0.366 e. The predicted octanol–water partition coefficient (Wildman–Crippen LogP) is 3.00. The van der Waals surface area contributed by atoms with Gasteiger partial charge in [0, 0.05) is 11.4 Å². The monoisotopic (exact) mass is 203 g/mol. The van der Waals surface area contributed by atoms with Gasteiger partial charge in [-0.15, -0.1) is 0 Å². The molecule has 3 heteroatoms.